The van der Waals surface area contributed by atoms with Crippen LogP contribution < -0.4 is 5.32 Å². The molecule has 0 spiro atoms. The molecule has 27 heavy (non-hydrogen) atoms. The highest BCUT2D eigenvalue weighted by molar-refractivity contribution is 8.01. The number of benzene rings is 1. The Balaban J connectivity index is 1.54. The third-order valence-corrected chi connectivity index (χ3v) is 7.69. The van der Waals surface area contributed by atoms with Crippen molar-refractivity contribution in [3.8, 4) is 0 Å². The number of Topliss-reactive ketones (excluding diaryl/α,β-unsaturated/α-hetero) is 1. The molecule has 0 radical (unpaired) electrons. The van der Waals surface area contributed by atoms with Gasteiger partial charge >= 0.3 is 0 Å². The predicted molar refractivity (Wildman–Crippen MR) is 117 cm³/mol. The van der Waals surface area contributed by atoms with Gasteiger partial charge in [0.25, 0.3) is 0 Å². The fraction of sp³-hybridized carbons (Fsp3) is 0.350. The molecule has 0 unspecified atom stereocenters. The van der Waals surface area contributed by atoms with Crippen LogP contribution in [0.2, 0.25) is 0 Å². The summed E-state index contributed by atoms with van der Waals surface area (Å²) >= 11 is 4.72. The number of rotatable bonds is 8. The molecule has 0 bridgehead atoms. The summed E-state index contributed by atoms with van der Waals surface area (Å²) in [6, 6.07) is 6.21. The fourth-order valence-corrected chi connectivity index (χ4v) is 5.16. The van der Waals surface area contributed by atoms with Gasteiger partial charge < -0.3 is 5.32 Å². The first-order valence-electron chi connectivity index (χ1n) is 8.79. The van der Waals surface area contributed by atoms with Crippen LogP contribution >= 0.6 is 34.4 Å². The van der Waals surface area contributed by atoms with Crippen LogP contribution in [0.25, 0.3) is 0 Å². The van der Waals surface area contributed by atoms with Crippen molar-refractivity contribution in [2.24, 2.45) is 0 Å². The van der Waals surface area contributed by atoms with Gasteiger partial charge in [0.15, 0.2) is 10.1 Å². The molecule has 0 aliphatic rings. The zero-order valence-corrected chi connectivity index (χ0v) is 18.4. The largest absolute Gasteiger partial charge is 0.360 e. The Morgan fingerprint density at radius 1 is 1.15 bits per heavy atom. The van der Waals surface area contributed by atoms with Gasteiger partial charge in [-0.1, -0.05) is 29.2 Å². The molecule has 0 saturated carbocycles. The Kier molecular flexibility index (Phi) is 6.68. The maximum absolute atomic E-state index is 12.7. The molecular formula is C20H23N3OS3. The molecule has 142 valence electrons. The van der Waals surface area contributed by atoms with Gasteiger partial charge in [-0.15, -0.1) is 21.5 Å². The van der Waals surface area contributed by atoms with Crippen molar-refractivity contribution in [3.05, 3.63) is 56.3 Å². The molecule has 0 saturated heterocycles. The van der Waals surface area contributed by atoms with Crippen LogP contribution in [0.1, 0.15) is 37.5 Å². The molecule has 3 rings (SSSR count). The maximum Gasteiger partial charge on any atom is 0.206 e. The van der Waals surface area contributed by atoms with E-state index in [9.17, 15) is 4.79 Å². The first-order chi connectivity index (χ1) is 13.0. The van der Waals surface area contributed by atoms with Crippen LogP contribution in [0.3, 0.4) is 0 Å². The van der Waals surface area contributed by atoms with E-state index in [0.717, 1.165) is 33.6 Å². The maximum atomic E-state index is 12.7. The third-order valence-electron chi connectivity index (χ3n) is 4.74. The second-order valence-corrected chi connectivity index (χ2v) is 9.69. The zero-order chi connectivity index (χ0) is 19.4. The van der Waals surface area contributed by atoms with E-state index in [2.05, 4.69) is 53.8 Å². The second kappa shape index (κ2) is 8.99. The average molecular weight is 418 g/mol. The number of aromatic nitrogens is 2. The van der Waals surface area contributed by atoms with Crippen molar-refractivity contribution >= 4 is 45.4 Å². The van der Waals surface area contributed by atoms with Gasteiger partial charge in [0, 0.05) is 17.0 Å². The molecule has 0 aliphatic heterocycles. The molecule has 3 aromatic rings. The van der Waals surface area contributed by atoms with Gasteiger partial charge in [0.2, 0.25) is 5.13 Å². The van der Waals surface area contributed by atoms with Gasteiger partial charge in [-0.05, 0) is 73.9 Å². The predicted octanol–water partition coefficient (Wildman–Crippen LogP) is 5.46. The highest BCUT2D eigenvalue weighted by Gasteiger charge is 2.15. The summed E-state index contributed by atoms with van der Waals surface area (Å²) in [5.74, 6) is 0.526. The highest BCUT2D eigenvalue weighted by atomic mass is 32.2. The van der Waals surface area contributed by atoms with Crippen LogP contribution in [-0.2, 0) is 6.42 Å². The zero-order valence-electron chi connectivity index (χ0n) is 16.0. The molecule has 2 heterocycles. The Bertz CT molecular complexity index is 932. The van der Waals surface area contributed by atoms with Crippen molar-refractivity contribution in [2.45, 2.75) is 38.5 Å². The summed E-state index contributed by atoms with van der Waals surface area (Å²) in [6.07, 6.45) is 0.976. The monoisotopic (exact) mass is 417 g/mol. The van der Waals surface area contributed by atoms with Crippen molar-refractivity contribution in [1.29, 1.82) is 0 Å². The van der Waals surface area contributed by atoms with Gasteiger partial charge in [0.05, 0.1) is 5.75 Å². The van der Waals surface area contributed by atoms with Crippen molar-refractivity contribution in [1.82, 2.24) is 10.2 Å². The van der Waals surface area contributed by atoms with Crippen LogP contribution in [-0.4, -0.2) is 28.3 Å². The van der Waals surface area contributed by atoms with Crippen molar-refractivity contribution in [2.75, 3.05) is 17.6 Å². The number of carbonyl (C=O) groups excluding carboxylic acids is 1. The van der Waals surface area contributed by atoms with E-state index in [1.165, 1.54) is 44.7 Å². The standard InChI is InChI=1S/C20H23N3OS3/c1-12-10-17(15(4)14(3)13(12)2)18(24)11-26-20-23-22-19(27-20)21-8-7-16-6-5-9-25-16/h5-6,9-10H,7-8,11H2,1-4H3,(H,21,22). The lowest BCUT2D eigenvalue weighted by atomic mass is 9.93. The number of thioether (sulfide) groups is 1. The number of anilines is 1. The first kappa shape index (κ1) is 20.0. The SMILES string of the molecule is Cc1cc(C(=O)CSc2nnc(NCCc3cccs3)s2)c(C)c(C)c1C. The van der Waals surface area contributed by atoms with E-state index < -0.39 is 0 Å². The molecule has 4 nitrogen and oxygen atoms in total. The van der Waals surface area contributed by atoms with Gasteiger partial charge in [-0.25, -0.2) is 0 Å². The molecule has 1 N–H and O–H groups in total. The highest BCUT2D eigenvalue weighted by Crippen LogP contribution is 2.28. The molecule has 1 aromatic carbocycles. The van der Waals surface area contributed by atoms with Crippen molar-refractivity contribution < 1.29 is 4.79 Å². The molecule has 0 amide bonds. The number of hydrogen-bond acceptors (Lipinski definition) is 7. The minimum absolute atomic E-state index is 0.145. The molecule has 7 heteroatoms. The number of carbonyl (C=O) groups is 1. The van der Waals surface area contributed by atoms with Crippen molar-refractivity contribution in [3.63, 3.8) is 0 Å². The number of thiophene rings is 1. The number of aryl methyl sites for hydroxylation is 1. The summed E-state index contributed by atoms with van der Waals surface area (Å²) in [6.45, 7) is 9.11. The van der Waals surface area contributed by atoms with Crippen LogP contribution in [0.4, 0.5) is 5.13 Å². The molecular weight excluding hydrogens is 394 g/mol. The number of hydrogen-bond donors (Lipinski definition) is 1. The lowest BCUT2D eigenvalue weighted by Gasteiger charge is -2.13. The van der Waals surface area contributed by atoms with E-state index >= 15 is 0 Å². The Hall–Kier alpha value is -1.70. The quantitative estimate of drug-likeness (QED) is 0.389. The van der Waals surface area contributed by atoms with Crippen LogP contribution in [0.5, 0.6) is 0 Å². The molecule has 0 aliphatic carbocycles. The summed E-state index contributed by atoms with van der Waals surface area (Å²) in [4.78, 5) is 14.0. The minimum atomic E-state index is 0.145. The Labute approximate surface area is 172 Å². The summed E-state index contributed by atoms with van der Waals surface area (Å²) in [5, 5.41) is 14.6. The summed E-state index contributed by atoms with van der Waals surface area (Å²) < 4.78 is 0.820. The average Bonchev–Trinajstić information content (AvgIpc) is 3.33. The first-order valence-corrected chi connectivity index (χ1v) is 11.5. The van der Waals surface area contributed by atoms with E-state index in [0.29, 0.717) is 5.75 Å². The van der Waals surface area contributed by atoms with Gasteiger partial charge in [-0.2, -0.15) is 0 Å². The second-order valence-electron chi connectivity index (χ2n) is 6.46. The number of nitrogens with zero attached hydrogens (tertiary/aromatic N) is 2. The summed E-state index contributed by atoms with van der Waals surface area (Å²) in [7, 11) is 0. The molecule has 0 fully saturated rings. The smallest absolute Gasteiger partial charge is 0.206 e. The van der Waals surface area contributed by atoms with Crippen LogP contribution in [0.15, 0.2) is 27.9 Å². The molecule has 0 atom stereocenters. The Morgan fingerprint density at radius 2 is 1.96 bits per heavy atom. The van der Waals surface area contributed by atoms with E-state index in [-0.39, 0.29) is 5.78 Å². The van der Waals surface area contributed by atoms with Gasteiger partial charge in [-0.3, -0.25) is 4.79 Å². The summed E-state index contributed by atoms with van der Waals surface area (Å²) in [5.41, 5.74) is 5.54. The lowest BCUT2D eigenvalue weighted by molar-refractivity contribution is 0.102. The minimum Gasteiger partial charge on any atom is -0.360 e. The van der Waals surface area contributed by atoms with Gasteiger partial charge in [0.1, 0.15) is 0 Å². The number of ketones is 1. The lowest BCUT2D eigenvalue weighted by Crippen LogP contribution is -2.08. The molecule has 2 aromatic heterocycles. The fourth-order valence-electron chi connectivity index (χ4n) is 2.79. The van der Waals surface area contributed by atoms with Crippen LogP contribution in [0, 0.1) is 27.7 Å². The topological polar surface area (TPSA) is 54.9 Å². The van der Waals surface area contributed by atoms with E-state index in [4.69, 9.17) is 0 Å². The van der Waals surface area contributed by atoms with E-state index in [1.807, 2.05) is 13.0 Å². The van der Waals surface area contributed by atoms with E-state index in [1.54, 1.807) is 11.3 Å². The number of nitrogens with one attached hydrogen (secondary N) is 1. The Morgan fingerprint density at radius 3 is 2.70 bits per heavy atom. The third kappa shape index (κ3) is 4.97. The normalized spacial score (nSPS) is 11.0.